The van der Waals surface area contributed by atoms with Gasteiger partial charge in [-0.1, -0.05) is 0 Å². The molecule has 0 aromatic rings. The molecule has 0 aromatic heterocycles. The third-order valence-corrected chi connectivity index (χ3v) is 0. The van der Waals surface area contributed by atoms with E-state index >= 15 is 0 Å². The van der Waals surface area contributed by atoms with Gasteiger partial charge in [0.05, 0.1) is 0 Å². The Morgan fingerprint density at radius 2 is 0.400 bits per heavy atom. The van der Waals surface area contributed by atoms with Gasteiger partial charge >= 0.3 is 29.6 Å². The van der Waals surface area contributed by atoms with E-state index < -0.39 is 0 Å². The molecule has 0 aliphatic carbocycles. The molecule has 32 valence electrons. The summed E-state index contributed by atoms with van der Waals surface area (Å²) in [6.45, 7) is 0. The van der Waals surface area contributed by atoms with Crippen LogP contribution < -0.4 is 79.2 Å². The van der Waals surface area contributed by atoms with Gasteiger partial charge in [-0.15, -0.1) is 0 Å². The molecule has 0 atom stereocenters. The van der Waals surface area contributed by atoms with Crippen LogP contribution in [0, 0.1) is 0 Å². The van der Waals surface area contributed by atoms with Crippen molar-refractivity contribution < 1.29 is 79.2 Å². The molecule has 0 aromatic carbocycles. The predicted molar refractivity (Wildman–Crippen MR) is 0 cm³/mol. The maximum absolute atomic E-state index is 0. The number of hydrogen-bond donors (Lipinski definition) is 0. The fourth-order valence-corrected chi connectivity index (χ4v) is 0. The largest absolute Gasteiger partial charge is 1.00 e. The summed E-state index contributed by atoms with van der Waals surface area (Å²) < 4.78 is 0. The SMILES string of the molecule is [Cl-].[Cl-].[Cl-].[Cl-].[Na+]. The molecule has 0 aliphatic rings. The summed E-state index contributed by atoms with van der Waals surface area (Å²) in [5.74, 6) is 0. The van der Waals surface area contributed by atoms with Crippen LogP contribution in [0.2, 0.25) is 0 Å². The average molecular weight is 165 g/mol. The van der Waals surface area contributed by atoms with E-state index in [1.807, 2.05) is 0 Å². The molecule has 0 saturated heterocycles. The van der Waals surface area contributed by atoms with Gasteiger partial charge in [-0.2, -0.15) is 0 Å². The molecule has 0 amide bonds. The van der Waals surface area contributed by atoms with Crippen LogP contribution >= 0.6 is 0 Å². The Bertz CT molecular complexity index is 3.61. The van der Waals surface area contributed by atoms with Crippen molar-refractivity contribution in [2.24, 2.45) is 0 Å². The van der Waals surface area contributed by atoms with Crippen molar-refractivity contribution in [1.29, 1.82) is 0 Å². The summed E-state index contributed by atoms with van der Waals surface area (Å²) in [4.78, 5) is 0. The van der Waals surface area contributed by atoms with Gasteiger partial charge in [0.25, 0.3) is 0 Å². The van der Waals surface area contributed by atoms with Crippen LogP contribution in [0.1, 0.15) is 0 Å². The average Bonchev–Trinajstić information content (AvgIpc) is 0. The zero-order valence-electron chi connectivity index (χ0n) is 2.51. The third kappa shape index (κ3) is 22.8. The summed E-state index contributed by atoms with van der Waals surface area (Å²) in [6.07, 6.45) is 0. The maximum atomic E-state index is 0. The molecule has 0 spiro atoms. The molecule has 0 N–H and O–H groups in total. The second-order valence-electron chi connectivity index (χ2n) is 0. The molecule has 5 heavy (non-hydrogen) atoms. The van der Waals surface area contributed by atoms with Gasteiger partial charge in [0.1, 0.15) is 0 Å². The Hall–Kier alpha value is 2.16. The molecule has 0 unspecified atom stereocenters. The van der Waals surface area contributed by atoms with Crippen molar-refractivity contribution in [3.05, 3.63) is 0 Å². The molecule has 0 nitrogen and oxygen atoms in total. The Balaban J connectivity index is 0. The van der Waals surface area contributed by atoms with Crippen molar-refractivity contribution in [2.75, 3.05) is 0 Å². The van der Waals surface area contributed by atoms with Crippen LogP contribution in [-0.4, -0.2) is 0 Å². The second kappa shape index (κ2) is 35.2. The van der Waals surface area contributed by atoms with Gasteiger partial charge < -0.3 is 49.6 Å². The van der Waals surface area contributed by atoms with E-state index in [0.29, 0.717) is 0 Å². The number of halogens is 4. The normalized spacial score (nSPS) is 0. The predicted octanol–water partition coefficient (Wildman–Crippen LogP) is -15.0. The molecule has 0 bridgehead atoms. The molecule has 0 fully saturated rings. The fraction of sp³-hybridized carbons (Fsp3) is 0. The van der Waals surface area contributed by atoms with E-state index in [1.165, 1.54) is 0 Å². The van der Waals surface area contributed by atoms with Crippen molar-refractivity contribution in [3.63, 3.8) is 0 Å². The second-order valence-corrected chi connectivity index (χ2v) is 0. The van der Waals surface area contributed by atoms with Crippen LogP contribution in [0.15, 0.2) is 0 Å². The standard InChI is InChI=1S/4ClH.Na/h4*1H;/q;;;;+1/p-4. The Labute approximate surface area is 78.4 Å². The minimum absolute atomic E-state index is 0. The summed E-state index contributed by atoms with van der Waals surface area (Å²) >= 11 is 0. The van der Waals surface area contributed by atoms with E-state index in [1.54, 1.807) is 0 Å². The van der Waals surface area contributed by atoms with Gasteiger partial charge in [0, 0.05) is 0 Å². The van der Waals surface area contributed by atoms with Gasteiger partial charge in [-0.25, -0.2) is 0 Å². The van der Waals surface area contributed by atoms with E-state index in [2.05, 4.69) is 0 Å². The molecule has 0 saturated carbocycles. The van der Waals surface area contributed by atoms with E-state index in [-0.39, 0.29) is 79.2 Å². The molecule has 0 radical (unpaired) electrons. The number of rotatable bonds is 0. The summed E-state index contributed by atoms with van der Waals surface area (Å²) in [5.41, 5.74) is 0. The zero-order chi connectivity index (χ0) is 0. The monoisotopic (exact) mass is 163 g/mol. The van der Waals surface area contributed by atoms with Gasteiger partial charge in [0.2, 0.25) is 0 Å². The van der Waals surface area contributed by atoms with Crippen LogP contribution in [0.4, 0.5) is 0 Å². The first-order valence-corrected chi connectivity index (χ1v) is 0. The molecule has 0 aliphatic heterocycles. The van der Waals surface area contributed by atoms with Gasteiger partial charge in [0.15, 0.2) is 0 Å². The Morgan fingerprint density at radius 3 is 0.400 bits per heavy atom. The minimum atomic E-state index is 0. The van der Waals surface area contributed by atoms with Crippen molar-refractivity contribution in [1.82, 2.24) is 0 Å². The van der Waals surface area contributed by atoms with E-state index in [9.17, 15) is 0 Å². The van der Waals surface area contributed by atoms with E-state index in [4.69, 9.17) is 0 Å². The summed E-state index contributed by atoms with van der Waals surface area (Å²) in [6, 6.07) is 0. The topological polar surface area (TPSA) is 0 Å². The van der Waals surface area contributed by atoms with Crippen molar-refractivity contribution >= 4 is 0 Å². The quantitative estimate of drug-likeness (QED) is 0.312. The fourth-order valence-electron chi connectivity index (χ4n) is 0. The van der Waals surface area contributed by atoms with Crippen LogP contribution in [0.5, 0.6) is 0 Å². The molecular weight excluding hydrogens is 165 g/mol. The first-order chi connectivity index (χ1) is 0. The minimum Gasteiger partial charge on any atom is -1.00 e. The molecule has 0 heterocycles. The first-order valence-electron chi connectivity index (χ1n) is 0. The van der Waals surface area contributed by atoms with Crippen LogP contribution in [0.3, 0.4) is 0 Å². The van der Waals surface area contributed by atoms with Gasteiger partial charge in [-0.05, 0) is 0 Å². The van der Waals surface area contributed by atoms with Crippen molar-refractivity contribution in [2.45, 2.75) is 0 Å². The Morgan fingerprint density at radius 1 is 0.400 bits per heavy atom. The molecule has 0 rings (SSSR count). The van der Waals surface area contributed by atoms with Gasteiger partial charge in [-0.3, -0.25) is 0 Å². The number of hydrogen-bond acceptors (Lipinski definition) is 0. The summed E-state index contributed by atoms with van der Waals surface area (Å²) in [5, 5.41) is 0. The van der Waals surface area contributed by atoms with Crippen LogP contribution in [0.25, 0.3) is 0 Å². The van der Waals surface area contributed by atoms with Crippen LogP contribution in [-0.2, 0) is 0 Å². The van der Waals surface area contributed by atoms with Crippen molar-refractivity contribution in [3.8, 4) is 0 Å². The Kier molecular flexibility index (Phi) is 409. The first kappa shape index (κ1) is 58.2. The maximum Gasteiger partial charge on any atom is 1.00 e. The molecule has 5 heteroatoms. The van der Waals surface area contributed by atoms with E-state index in [0.717, 1.165) is 0 Å². The zero-order valence-corrected chi connectivity index (χ0v) is 7.54. The summed E-state index contributed by atoms with van der Waals surface area (Å²) in [7, 11) is 0. The molecular formula is Cl4Na-3. The third-order valence-electron chi connectivity index (χ3n) is 0. The smallest absolute Gasteiger partial charge is 1.00 e.